The Balaban J connectivity index is -0.00000000300. The van der Waals surface area contributed by atoms with Crippen molar-refractivity contribution >= 4 is 101 Å². The van der Waals surface area contributed by atoms with Gasteiger partial charge in [0.25, 0.3) is 0 Å². The SMILES string of the molecule is Cl.Cl.Cl.Cl.Cl.Cl.N.N.N.N.N.N.N1PNPNP1. The molecule has 1 fully saturated rings. The molecule has 18 heteroatoms. The molecule has 0 radical (unpaired) electrons. The first kappa shape index (κ1) is 106. The molecule has 0 aliphatic carbocycles. The van der Waals surface area contributed by atoms with E-state index >= 15 is 0 Å². The number of hydrogen-bond donors (Lipinski definition) is 9. The normalized spacial score (nSPS) is 12.0. The molecule has 1 heterocycles. The van der Waals surface area contributed by atoms with Crippen molar-refractivity contribution in [1.29, 1.82) is 0 Å². The first-order valence-electron chi connectivity index (χ1n) is 1.50. The number of nitrogens with one attached hydrogen (secondary N) is 3. The molecule has 1 rings (SSSR count). The van der Waals surface area contributed by atoms with Crippen LogP contribution in [0.3, 0.4) is 0 Å². The van der Waals surface area contributed by atoms with Crippen LogP contribution in [-0.4, -0.2) is 0 Å². The summed E-state index contributed by atoms with van der Waals surface area (Å²) < 4.78 is 0. The Morgan fingerprint density at radius 3 is 0.500 bits per heavy atom. The van der Waals surface area contributed by atoms with Gasteiger partial charge in [-0.1, -0.05) is 0 Å². The van der Waals surface area contributed by atoms with Gasteiger partial charge < -0.3 is 36.9 Å². The molecule has 0 amide bonds. The first-order valence-corrected chi connectivity index (χ1v) is 4.50. The Morgan fingerprint density at radius 1 is 0.333 bits per heavy atom. The fourth-order valence-corrected chi connectivity index (χ4v) is 3.38. The van der Waals surface area contributed by atoms with Crippen molar-refractivity contribution in [2.24, 2.45) is 0 Å². The molecule has 1 aliphatic rings. The highest BCUT2D eigenvalue weighted by atomic mass is 35.5. The van der Waals surface area contributed by atoms with E-state index in [1.807, 2.05) is 0 Å². The molecule has 0 unspecified atom stereocenters. The third-order valence-corrected chi connectivity index (χ3v) is 3.38. The van der Waals surface area contributed by atoms with Gasteiger partial charge in [-0.15, -0.1) is 74.4 Å². The fourth-order valence-electron chi connectivity index (χ4n) is 0.188. The van der Waals surface area contributed by atoms with Gasteiger partial charge >= 0.3 is 0 Å². The number of hydrogen-bond acceptors (Lipinski definition) is 9. The summed E-state index contributed by atoms with van der Waals surface area (Å²) in [6, 6.07) is 0. The standard InChI is InChI=1S/6ClH.H6N3P3.6H3N/c;;;;;;1-4-2-6-3-5-1;;;;;;/h6*1H;1-6H;6*1H3. The summed E-state index contributed by atoms with van der Waals surface area (Å²) in [5.74, 6) is 0. The van der Waals surface area contributed by atoms with Crippen molar-refractivity contribution in [2.45, 2.75) is 0 Å². The molecule has 18 heavy (non-hydrogen) atoms. The average molecular weight is 462 g/mol. The van der Waals surface area contributed by atoms with Crippen LogP contribution < -0.4 is 51.5 Å². The molecular formula is H30Cl6N9P3. The molecule has 0 spiro atoms. The minimum absolute atomic E-state index is 0. The van der Waals surface area contributed by atoms with Crippen LogP contribution in [0.15, 0.2) is 0 Å². The van der Waals surface area contributed by atoms with Gasteiger partial charge in [-0.05, 0) is 0 Å². The second kappa shape index (κ2) is 91.2. The topological polar surface area (TPSA) is 246 Å². The second-order valence-corrected chi connectivity index (χ2v) is 4.50. The summed E-state index contributed by atoms with van der Waals surface area (Å²) in [5, 5.41) is 0. The molecule has 21 N–H and O–H groups in total. The molecule has 0 aromatic heterocycles. The maximum absolute atomic E-state index is 3.12. The van der Waals surface area contributed by atoms with Crippen LogP contribution in [-0.2, 0) is 0 Å². The monoisotopic (exact) mass is 459 g/mol. The van der Waals surface area contributed by atoms with Crippen molar-refractivity contribution < 1.29 is 0 Å². The molecule has 0 bridgehead atoms. The third kappa shape index (κ3) is 77.5. The first-order chi connectivity index (χ1) is 3.00. The molecule has 0 saturated carbocycles. The maximum Gasteiger partial charge on any atom is 0.0273 e. The predicted octanol–water partition coefficient (Wildman–Crippen LogP) is 3.80. The van der Waals surface area contributed by atoms with Gasteiger partial charge in [-0.25, -0.2) is 0 Å². The highest BCUT2D eigenvalue weighted by molar-refractivity contribution is 7.65. The summed E-state index contributed by atoms with van der Waals surface area (Å²) in [6.45, 7) is 0. The lowest BCUT2D eigenvalue weighted by Gasteiger charge is -2.12. The molecule has 0 atom stereocenters. The van der Waals surface area contributed by atoms with Gasteiger partial charge in [-0.3, -0.25) is 14.6 Å². The average Bonchev–Trinajstić information content (AvgIpc) is 1.72. The van der Waals surface area contributed by atoms with Crippen LogP contribution in [0.1, 0.15) is 0 Å². The number of halogens is 6. The largest absolute Gasteiger partial charge is 0.344 e. The third-order valence-electron chi connectivity index (χ3n) is 0.375. The summed E-state index contributed by atoms with van der Waals surface area (Å²) in [6.07, 6.45) is 0. The van der Waals surface area contributed by atoms with Gasteiger partial charge in [0.05, 0.1) is 0 Å². The van der Waals surface area contributed by atoms with Crippen molar-refractivity contribution in [3.63, 3.8) is 0 Å². The zero-order chi connectivity index (χ0) is 4.24. The molecule has 9 nitrogen and oxygen atoms in total. The van der Waals surface area contributed by atoms with Crippen LogP contribution in [0.25, 0.3) is 0 Å². The van der Waals surface area contributed by atoms with Crippen molar-refractivity contribution in [2.75, 3.05) is 0 Å². The van der Waals surface area contributed by atoms with E-state index < -0.39 is 0 Å². The lowest BCUT2D eigenvalue weighted by atomic mass is 13.8. The van der Waals surface area contributed by atoms with Crippen molar-refractivity contribution in [3.8, 4) is 0 Å². The van der Waals surface area contributed by atoms with E-state index in [2.05, 4.69) is 14.6 Å². The van der Waals surface area contributed by atoms with E-state index in [0.29, 0.717) is 0 Å². The zero-order valence-corrected chi connectivity index (χ0v) is 17.6. The molecule has 0 aromatic carbocycles. The van der Waals surface area contributed by atoms with Gasteiger partial charge in [0.15, 0.2) is 0 Å². The highest BCUT2D eigenvalue weighted by Gasteiger charge is 1.89. The van der Waals surface area contributed by atoms with Gasteiger partial charge in [0.1, 0.15) is 0 Å². The molecule has 132 valence electrons. The lowest BCUT2D eigenvalue weighted by Crippen LogP contribution is -2.07. The van der Waals surface area contributed by atoms with E-state index in [0.717, 1.165) is 26.6 Å². The zero-order valence-electron chi connectivity index (χ0n) is 9.69. The Labute approximate surface area is 152 Å². The van der Waals surface area contributed by atoms with Gasteiger partial charge in [-0.2, -0.15) is 0 Å². The van der Waals surface area contributed by atoms with Crippen LogP contribution in [0.4, 0.5) is 0 Å². The van der Waals surface area contributed by atoms with E-state index in [-0.39, 0.29) is 111 Å². The second-order valence-electron chi connectivity index (χ2n) is 0.750. The smallest absolute Gasteiger partial charge is 0.0273 e. The predicted molar refractivity (Wildman–Crippen MR) is 108 cm³/mol. The summed E-state index contributed by atoms with van der Waals surface area (Å²) in [4.78, 5) is 9.38. The van der Waals surface area contributed by atoms with Gasteiger partial charge in [0, 0.05) is 26.6 Å². The fraction of sp³-hybridized carbons (Fsp3) is 0. The van der Waals surface area contributed by atoms with E-state index in [1.54, 1.807) is 0 Å². The lowest BCUT2D eigenvalue weighted by molar-refractivity contribution is 1.44. The van der Waals surface area contributed by atoms with E-state index in [9.17, 15) is 0 Å². The molecule has 1 saturated heterocycles. The van der Waals surface area contributed by atoms with Crippen LogP contribution >= 0.6 is 101 Å². The van der Waals surface area contributed by atoms with Gasteiger partial charge in [0.2, 0.25) is 0 Å². The number of rotatable bonds is 0. The molecule has 0 aromatic rings. The Morgan fingerprint density at radius 2 is 0.444 bits per heavy atom. The summed E-state index contributed by atoms with van der Waals surface area (Å²) in [5.41, 5.74) is 0. The Bertz CT molecular complexity index is 41.8. The summed E-state index contributed by atoms with van der Waals surface area (Å²) >= 11 is 0. The molecule has 1 aliphatic heterocycles. The Hall–Kier alpha value is 2.67. The Kier molecular flexibility index (Phi) is 539. The van der Waals surface area contributed by atoms with Crippen molar-refractivity contribution in [3.05, 3.63) is 0 Å². The maximum atomic E-state index is 3.12. The molecular weight excluding hydrogens is 432 g/mol. The minimum Gasteiger partial charge on any atom is -0.344 e. The van der Waals surface area contributed by atoms with Crippen LogP contribution in [0.2, 0.25) is 0 Å². The van der Waals surface area contributed by atoms with Crippen LogP contribution in [0.5, 0.6) is 0 Å². The summed E-state index contributed by atoms with van der Waals surface area (Å²) in [7, 11) is 2.29. The van der Waals surface area contributed by atoms with Crippen molar-refractivity contribution in [1.82, 2.24) is 51.5 Å². The highest BCUT2D eigenvalue weighted by Crippen LogP contribution is 2.23. The van der Waals surface area contributed by atoms with Crippen LogP contribution in [0, 0.1) is 0 Å². The minimum atomic E-state index is 0. The van der Waals surface area contributed by atoms with E-state index in [4.69, 9.17) is 0 Å². The quantitative estimate of drug-likeness (QED) is 0.237. The van der Waals surface area contributed by atoms with E-state index in [1.165, 1.54) is 0 Å².